The summed E-state index contributed by atoms with van der Waals surface area (Å²) in [6.45, 7) is 4.13. The zero-order chi connectivity index (χ0) is 31.5. The summed E-state index contributed by atoms with van der Waals surface area (Å²) >= 11 is 0. The average molecular weight is 609 g/mol. The van der Waals surface area contributed by atoms with E-state index >= 15 is 0 Å². The molecule has 0 saturated carbocycles. The molecule has 0 fully saturated rings. The zero-order valence-electron chi connectivity index (χ0n) is 28.7. The number of rotatable bonds is 34. The molecule has 0 rings (SSSR count). The lowest BCUT2D eigenvalue weighted by Crippen LogP contribution is -2.28. The fraction of sp³-hybridized carbons (Fsp3) is 0.895. The Morgan fingerprint density at radius 1 is 0.512 bits per heavy atom. The minimum absolute atomic E-state index is 0.0619. The maximum atomic E-state index is 12.1. The van der Waals surface area contributed by atoms with Gasteiger partial charge >= 0.3 is 11.9 Å². The lowest BCUT2D eigenvalue weighted by atomic mass is 10.0. The summed E-state index contributed by atoms with van der Waals surface area (Å²) in [6, 6.07) is 0. The van der Waals surface area contributed by atoms with Gasteiger partial charge in [0.25, 0.3) is 0 Å². The van der Waals surface area contributed by atoms with Crippen molar-refractivity contribution >= 4 is 11.9 Å². The fourth-order valence-corrected chi connectivity index (χ4v) is 5.43. The van der Waals surface area contributed by atoms with Crippen molar-refractivity contribution in [3.05, 3.63) is 12.2 Å². The Balaban J connectivity index is 3.54. The van der Waals surface area contributed by atoms with Crippen LogP contribution in [0.3, 0.4) is 0 Å². The highest BCUT2D eigenvalue weighted by atomic mass is 16.6. The summed E-state index contributed by atoms with van der Waals surface area (Å²) in [5.74, 6) is -0.588. The van der Waals surface area contributed by atoms with Gasteiger partial charge in [-0.3, -0.25) is 9.59 Å². The average Bonchev–Trinajstić information content (AvgIpc) is 3.01. The van der Waals surface area contributed by atoms with Crippen LogP contribution >= 0.6 is 0 Å². The lowest BCUT2D eigenvalue weighted by Gasteiger charge is -2.15. The Labute approximate surface area is 267 Å². The molecule has 0 bridgehead atoms. The van der Waals surface area contributed by atoms with Crippen LogP contribution in [-0.2, 0) is 19.1 Å². The largest absolute Gasteiger partial charge is 0.462 e. The Morgan fingerprint density at radius 2 is 0.860 bits per heavy atom. The van der Waals surface area contributed by atoms with Gasteiger partial charge in [0.2, 0.25) is 0 Å². The van der Waals surface area contributed by atoms with Gasteiger partial charge in [-0.2, -0.15) is 0 Å². The molecule has 0 aliphatic rings. The topological polar surface area (TPSA) is 72.8 Å². The second-order valence-electron chi connectivity index (χ2n) is 12.7. The predicted molar refractivity (Wildman–Crippen MR) is 182 cm³/mol. The van der Waals surface area contributed by atoms with E-state index in [1.807, 2.05) is 0 Å². The molecule has 0 aliphatic carbocycles. The molecule has 0 amide bonds. The molecule has 1 N–H and O–H groups in total. The number of unbranched alkanes of at least 4 members (excludes halogenated alkanes) is 24. The molecule has 0 spiro atoms. The quantitative estimate of drug-likeness (QED) is 0.0447. The van der Waals surface area contributed by atoms with Gasteiger partial charge in [0.1, 0.15) is 6.61 Å². The Morgan fingerprint density at radius 3 is 1.26 bits per heavy atom. The minimum Gasteiger partial charge on any atom is -0.462 e. The van der Waals surface area contributed by atoms with Crippen LogP contribution in [-0.4, -0.2) is 36.4 Å². The smallest absolute Gasteiger partial charge is 0.306 e. The van der Waals surface area contributed by atoms with Crippen LogP contribution in [0.1, 0.15) is 200 Å². The molecule has 254 valence electrons. The zero-order valence-corrected chi connectivity index (χ0v) is 28.7. The number of carbonyl (C=O) groups excluding carboxylic acids is 2. The standard InChI is InChI=1S/C38H72O5/c1-3-5-7-9-11-13-15-17-18-19-20-21-23-25-27-29-31-33-38(41)43-36(34-39)35-42-37(40)32-30-28-26-24-22-16-14-12-10-8-6-4-2/h17-18,36,39H,3-16,19-35H2,1-2H3/t36-/m0/s1. The minimum atomic E-state index is -0.765. The van der Waals surface area contributed by atoms with Crippen LogP contribution in [0.15, 0.2) is 12.2 Å². The highest BCUT2D eigenvalue weighted by Crippen LogP contribution is 2.14. The summed E-state index contributed by atoms with van der Waals surface area (Å²) in [7, 11) is 0. The van der Waals surface area contributed by atoms with Crippen LogP contribution in [0.4, 0.5) is 0 Å². The lowest BCUT2D eigenvalue weighted by molar-refractivity contribution is -0.161. The SMILES string of the molecule is CCCCCCCCC=CCCCCCCCCCC(=O)O[C@@H](CO)COC(=O)CCCCCCCCCCCCCC. The number of aliphatic hydroxyl groups excluding tert-OH is 1. The summed E-state index contributed by atoms with van der Waals surface area (Å²) in [5.41, 5.74) is 0. The summed E-state index contributed by atoms with van der Waals surface area (Å²) < 4.78 is 10.6. The highest BCUT2D eigenvalue weighted by molar-refractivity contribution is 5.70. The Hall–Kier alpha value is -1.36. The summed E-state index contributed by atoms with van der Waals surface area (Å²) in [4.78, 5) is 24.2. The van der Waals surface area contributed by atoms with Crippen molar-refractivity contribution in [3.8, 4) is 0 Å². The van der Waals surface area contributed by atoms with Crippen LogP contribution in [0.5, 0.6) is 0 Å². The molecule has 1 atom stereocenters. The Bertz CT molecular complexity index is 617. The third-order valence-electron chi connectivity index (χ3n) is 8.31. The highest BCUT2D eigenvalue weighted by Gasteiger charge is 2.16. The number of hydrogen-bond acceptors (Lipinski definition) is 5. The molecule has 43 heavy (non-hydrogen) atoms. The first-order chi connectivity index (χ1) is 21.1. The molecular formula is C38H72O5. The maximum Gasteiger partial charge on any atom is 0.306 e. The normalized spacial score (nSPS) is 12.2. The molecule has 0 aliphatic heterocycles. The van der Waals surface area contributed by atoms with E-state index < -0.39 is 6.10 Å². The van der Waals surface area contributed by atoms with Gasteiger partial charge in [0, 0.05) is 12.8 Å². The van der Waals surface area contributed by atoms with Crippen molar-refractivity contribution in [3.63, 3.8) is 0 Å². The van der Waals surface area contributed by atoms with Crippen molar-refractivity contribution in [1.82, 2.24) is 0 Å². The number of esters is 2. The number of carbonyl (C=O) groups is 2. The van der Waals surface area contributed by atoms with Gasteiger partial charge in [0.05, 0.1) is 6.61 Å². The predicted octanol–water partition coefficient (Wildman–Crippen LogP) is 11.3. The Kier molecular flexibility index (Phi) is 34.0. The molecular weight excluding hydrogens is 536 g/mol. The van der Waals surface area contributed by atoms with E-state index in [1.165, 1.54) is 135 Å². The first-order valence-corrected chi connectivity index (χ1v) is 18.7. The fourth-order valence-electron chi connectivity index (χ4n) is 5.43. The van der Waals surface area contributed by atoms with Crippen molar-refractivity contribution in [1.29, 1.82) is 0 Å². The molecule has 0 heterocycles. The van der Waals surface area contributed by atoms with E-state index in [-0.39, 0.29) is 25.2 Å². The molecule has 0 aromatic heterocycles. The van der Waals surface area contributed by atoms with Crippen LogP contribution < -0.4 is 0 Å². The number of ether oxygens (including phenoxy) is 2. The first kappa shape index (κ1) is 41.6. The molecule has 5 nitrogen and oxygen atoms in total. The molecule has 0 saturated heterocycles. The number of hydrogen-bond donors (Lipinski definition) is 1. The van der Waals surface area contributed by atoms with Crippen molar-refractivity contribution < 1.29 is 24.2 Å². The van der Waals surface area contributed by atoms with Gasteiger partial charge in [0.15, 0.2) is 6.10 Å². The number of allylic oxidation sites excluding steroid dienone is 2. The van der Waals surface area contributed by atoms with Crippen molar-refractivity contribution in [2.45, 2.75) is 206 Å². The van der Waals surface area contributed by atoms with Gasteiger partial charge < -0.3 is 14.6 Å². The van der Waals surface area contributed by atoms with Crippen LogP contribution in [0, 0.1) is 0 Å². The number of aliphatic hydroxyl groups is 1. The van der Waals surface area contributed by atoms with E-state index in [1.54, 1.807) is 0 Å². The third-order valence-corrected chi connectivity index (χ3v) is 8.31. The van der Waals surface area contributed by atoms with E-state index in [4.69, 9.17) is 9.47 Å². The maximum absolute atomic E-state index is 12.1. The van der Waals surface area contributed by atoms with E-state index in [0.717, 1.165) is 38.5 Å². The van der Waals surface area contributed by atoms with Crippen LogP contribution in [0.2, 0.25) is 0 Å². The molecule has 0 aromatic rings. The summed E-state index contributed by atoms with van der Waals surface area (Å²) in [5, 5.41) is 9.52. The van der Waals surface area contributed by atoms with E-state index in [2.05, 4.69) is 26.0 Å². The van der Waals surface area contributed by atoms with E-state index in [9.17, 15) is 14.7 Å². The molecule has 0 aromatic carbocycles. The second-order valence-corrected chi connectivity index (χ2v) is 12.7. The van der Waals surface area contributed by atoms with Crippen molar-refractivity contribution in [2.24, 2.45) is 0 Å². The van der Waals surface area contributed by atoms with Gasteiger partial charge in [-0.25, -0.2) is 0 Å². The first-order valence-electron chi connectivity index (χ1n) is 18.7. The second kappa shape index (κ2) is 35.1. The van der Waals surface area contributed by atoms with E-state index in [0.29, 0.717) is 12.8 Å². The monoisotopic (exact) mass is 609 g/mol. The van der Waals surface area contributed by atoms with Gasteiger partial charge in [-0.1, -0.05) is 161 Å². The van der Waals surface area contributed by atoms with Crippen LogP contribution in [0.25, 0.3) is 0 Å². The molecule has 0 unspecified atom stereocenters. The molecule has 0 radical (unpaired) electrons. The summed E-state index contributed by atoms with van der Waals surface area (Å²) in [6.07, 6.45) is 38.4. The van der Waals surface area contributed by atoms with Crippen molar-refractivity contribution in [2.75, 3.05) is 13.2 Å². The van der Waals surface area contributed by atoms with Gasteiger partial charge in [-0.15, -0.1) is 0 Å². The molecule has 5 heteroatoms. The van der Waals surface area contributed by atoms with Gasteiger partial charge in [-0.05, 0) is 38.5 Å². The third kappa shape index (κ3) is 33.4.